The maximum Gasteiger partial charge on any atom is 0.238 e. The van der Waals surface area contributed by atoms with Gasteiger partial charge in [0.1, 0.15) is 0 Å². The number of nitrogens with one attached hydrogen (secondary N) is 1. The van der Waals surface area contributed by atoms with Crippen LogP contribution in [0.15, 0.2) is 12.1 Å². The summed E-state index contributed by atoms with van der Waals surface area (Å²) in [6.45, 7) is 0.174. The Labute approximate surface area is 105 Å². The van der Waals surface area contributed by atoms with E-state index in [4.69, 9.17) is 9.47 Å². The minimum absolute atomic E-state index is 0.0690. The van der Waals surface area contributed by atoms with E-state index < -0.39 is 5.82 Å². The van der Waals surface area contributed by atoms with E-state index in [0.717, 1.165) is 0 Å². The fraction of sp³-hybridized carbons (Fsp3) is 0.417. The van der Waals surface area contributed by atoms with Gasteiger partial charge < -0.3 is 19.7 Å². The molecule has 5 nitrogen and oxygen atoms in total. The molecule has 100 valence electrons. The molecule has 0 aliphatic rings. The highest BCUT2D eigenvalue weighted by atomic mass is 19.1. The highest BCUT2D eigenvalue weighted by molar-refractivity contribution is 5.92. The number of methoxy groups -OCH3 is 2. The predicted molar refractivity (Wildman–Crippen MR) is 66.7 cm³/mol. The van der Waals surface area contributed by atoms with E-state index in [1.165, 1.54) is 26.4 Å². The molecule has 1 amide bonds. The summed E-state index contributed by atoms with van der Waals surface area (Å²) in [6, 6.07) is 2.56. The van der Waals surface area contributed by atoms with Crippen LogP contribution in [0.2, 0.25) is 0 Å². The van der Waals surface area contributed by atoms with Gasteiger partial charge in [0.25, 0.3) is 0 Å². The van der Waals surface area contributed by atoms with Gasteiger partial charge in [-0.05, 0) is 14.1 Å². The standard InChI is InChI=1S/C12H17FN2O3/c1-15(2)7-12(16)14-9-6-11(18-4)10(17-3)5-8(9)13/h5-6H,7H2,1-4H3,(H,14,16). The number of anilines is 1. The molecule has 0 saturated carbocycles. The molecule has 0 aliphatic carbocycles. The molecule has 1 rings (SSSR count). The smallest absolute Gasteiger partial charge is 0.238 e. The molecule has 0 aliphatic heterocycles. The van der Waals surface area contributed by atoms with Crippen LogP contribution in [0, 0.1) is 5.82 Å². The maximum atomic E-state index is 13.7. The number of nitrogens with zero attached hydrogens (tertiary/aromatic N) is 1. The van der Waals surface area contributed by atoms with Gasteiger partial charge >= 0.3 is 0 Å². The zero-order valence-electron chi connectivity index (χ0n) is 10.9. The first-order chi connectivity index (χ1) is 8.47. The van der Waals surface area contributed by atoms with Crippen LogP contribution in [0.25, 0.3) is 0 Å². The molecule has 0 aromatic heterocycles. The molecular weight excluding hydrogens is 239 g/mol. The lowest BCUT2D eigenvalue weighted by atomic mass is 10.2. The minimum Gasteiger partial charge on any atom is -0.493 e. The zero-order chi connectivity index (χ0) is 13.7. The van der Waals surface area contributed by atoms with Crippen molar-refractivity contribution >= 4 is 11.6 Å². The Morgan fingerprint density at radius 3 is 2.33 bits per heavy atom. The molecule has 0 unspecified atom stereocenters. The molecule has 0 heterocycles. The first-order valence-corrected chi connectivity index (χ1v) is 5.34. The number of hydrogen-bond donors (Lipinski definition) is 1. The van der Waals surface area contributed by atoms with Crippen molar-refractivity contribution < 1.29 is 18.7 Å². The Morgan fingerprint density at radius 2 is 1.83 bits per heavy atom. The quantitative estimate of drug-likeness (QED) is 0.863. The fourth-order valence-electron chi connectivity index (χ4n) is 1.43. The van der Waals surface area contributed by atoms with E-state index in [1.807, 2.05) is 0 Å². The van der Waals surface area contributed by atoms with Gasteiger partial charge in [0.2, 0.25) is 5.91 Å². The summed E-state index contributed by atoms with van der Waals surface area (Å²) in [7, 11) is 6.37. The molecule has 0 saturated heterocycles. The number of amides is 1. The van der Waals surface area contributed by atoms with Crippen molar-refractivity contribution in [1.82, 2.24) is 4.90 Å². The average Bonchev–Trinajstić information content (AvgIpc) is 2.30. The van der Waals surface area contributed by atoms with Gasteiger partial charge in [-0.15, -0.1) is 0 Å². The van der Waals surface area contributed by atoms with Gasteiger partial charge in [-0.2, -0.15) is 0 Å². The van der Waals surface area contributed by atoms with Gasteiger partial charge in [0, 0.05) is 12.1 Å². The molecule has 6 heteroatoms. The average molecular weight is 256 g/mol. The van der Waals surface area contributed by atoms with Crippen LogP contribution in [0.4, 0.5) is 10.1 Å². The van der Waals surface area contributed by atoms with Crippen LogP contribution in [-0.4, -0.2) is 45.7 Å². The highest BCUT2D eigenvalue weighted by Crippen LogP contribution is 2.32. The van der Waals surface area contributed by atoms with E-state index in [2.05, 4.69) is 5.32 Å². The lowest BCUT2D eigenvalue weighted by Crippen LogP contribution is -2.27. The minimum atomic E-state index is -0.570. The second-order valence-corrected chi connectivity index (χ2v) is 3.97. The number of rotatable bonds is 5. The van der Waals surface area contributed by atoms with Gasteiger partial charge in [-0.1, -0.05) is 0 Å². The Hall–Kier alpha value is -1.82. The summed E-state index contributed by atoms with van der Waals surface area (Å²) in [5, 5.41) is 2.48. The van der Waals surface area contributed by atoms with Crippen LogP contribution < -0.4 is 14.8 Å². The number of carbonyl (C=O) groups is 1. The molecule has 0 fully saturated rings. The molecule has 1 aromatic rings. The third kappa shape index (κ3) is 3.59. The summed E-state index contributed by atoms with van der Waals surface area (Å²) in [6.07, 6.45) is 0. The van der Waals surface area contributed by atoms with Crippen molar-refractivity contribution in [2.75, 3.05) is 40.2 Å². The van der Waals surface area contributed by atoms with Gasteiger partial charge in [0.15, 0.2) is 17.3 Å². The topological polar surface area (TPSA) is 50.8 Å². The lowest BCUT2D eigenvalue weighted by molar-refractivity contribution is -0.116. The monoisotopic (exact) mass is 256 g/mol. The molecule has 0 radical (unpaired) electrons. The van der Waals surface area contributed by atoms with E-state index in [1.54, 1.807) is 19.0 Å². The Bertz CT molecular complexity index is 436. The van der Waals surface area contributed by atoms with Crippen molar-refractivity contribution in [2.45, 2.75) is 0 Å². The molecule has 1 N–H and O–H groups in total. The van der Waals surface area contributed by atoms with Crippen LogP contribution in [-0.2, 0) is 4.79 Å². The Balaban J connectivity index is 2.92. The van der Waals surface area contributed by atoms with Crippen molar-refractivity contribution in [3.05, 3.63) is 17.9 Å². The summed E-state index contributed by atoms with van der Waals surface area (Å²) in [5.41, 5.74) is 0.0690. The summed E-state index contributed by atoms with van der Waals surface area (Å²) in [5.74, 6) is -0.231. The highest BCUT2D eigenvalue weighted by Gasteiger charge is 2.13. The SMILES string of the molecule is COc1cc(F)c(NC(=O)CN(C)C)cc1OC. The normalized spacial score (nSPS) is 10.3. The molecule has 18 heavy (non-hydrogen) atoms. The van der Waals surface area contributed by atoms with Crippen molar-refractivity contribution in [3.8, 4) is 11.5 Å². The molecule has 0 bridgehead atoms. The van der Waals surface area contributed by atoms with Gasteiger partial charge in [-0.25, -0.2) is 4.39 Å². The number of likely N-dealkylation sites (N-methyl/N-ethyl adjacent to an activating group) is 1. The second kappa shape index (κ2) is 6.20. The van der Waals surface area contributed by atoms with E-state index in [9.17, 15) is 9.18 Å². The summed E-state index contributed by atoms with van der Waals surface area (Å²) in [4.78, 5) is 13.2. The third-order valence-corrected chi connectivity index (χ3v) is 2.21. The van der Waals surface area contributed by atoms with E-state index in [-0.39, 0.29) is 23.9 Å². The molecule has 0 spiro atoms. The third-order valence-electron chi connectivity index (χ3n) is 2.21. The van der Waals surface area contributed by atoms with Crippen molar-refractivity contribution in [3.63, 3.8) is 0 Å². The van der Waals surface area contributed by atoms with Gasteiger partial charge in [-0.3, -0.25) is 4.79 Å². The van der Waals surface area contributed by atoms with Gasteiger partial charge in [0.05, 0.1) is 26.5 Å². The van der Waals surface area contributed by atoms with E-state index in [0.29, 0.717) is 5.75 Å². The lowest BCUT2D eigenvalue weighted by Gasteiger charge is -2.13. The Morgan fingerprint density at radius 1 is 1.28 bits per heavy atom. The maximum absolute atomic E-state index is 13.7. The van der Waals surface area contributed by atoms with Crippen LogP contribution >= 0.6 is 0 Å². The fourth-order valence-corrected chi connectivity index (χ4v) is 1.43. The molecule has 0 atom stereocenters. The van der Waals surface area contributed by atoms with Crippen molar-refractivity contribution in [2.24, 2.45) is 0 Å². The first kappa shape index (κ1) is 14.2. The zero-order valence-corrected chi connectivity index (χ0v) is 10.9. The number of benzene rings is 1. The van der Waals surface area contributed by atoms with Crippen LogP contribution in [0.5, 0.6) is 11.5 Å². The van der Waals surface area contributed by atoms with E-state index >= 15 is 0 Å². The van der Waals surface area contributed by atoms with Crippen molar-refractivity contribution in [1.29, 1.82) is 0 Å². The predicted octanol–water partition coefficient (Wildman–Crippen LogP) is 1.34. The van der Waals surface area contributed by atoms with Crippen LogP contribution in [0.3, 0.4) is 0 Å². The number of ether oxygens (including phenoxy) is 2. The largest absolute Gasteiger partial charge is 0.493 e. The molecule has 1 aromatic carbocycles. The number of hydrogen-bond acceptors (Lipinski definition) is 4. The Kier molecular flexibility index (Phi) is 4.91. The number of halogens is 1. The van der Waals surface area contributed by atoms with Crippen LogP contribution in [0.1, 0.15) is 0 Å². The number of carbonyl (C=O) groups excluding carboxylic acids is 1. The second-order valence-electron chi connectivity index (χ2n) is 3.97. The molecular formula is C12H17FN2O3. The summed E-state index contributed by atoms with van der Waals surface area (Å²) < 4.78 is 23.7. The summed E-state index contributed by atoms with van der Waals surface area (Å²) >= 11 is 0. The first-order valence-electron chi connectivity index (χ1n) is 5.34.